The Morgan fingerprint density at radius 3 is 2.69 bits per heavy atom. The Balaban J connectivity index is 1.26. The Bertz CT molecular complexity index is 1110. The third kappa shape index (κ3) is 4.41. The number of nitrogens with one attached hydrogen (secondary N) is 1. The zero-order valence-corrected chi connectivity index (χ0v) is 19.1. The second kappa shape index (κ2) is 9.24. The molecule has 0 radical (unpaired) electrons. The van der Waals surface area contributed by atoms with Gasteiger partial charge in [0.25, 0.3) is 0 Å². The van der Waals surface area contributed by atoms with Crippen LogP contribution in [-0.4, -0.2) is 51.8 Å². The second-order valence-electron chi connectivity index (χ2n) is 8.35. The molecule has 2 aromatic carbocycles. The normalized spacial score (nSPS) is 21.3. The van der Waals surface area contributed by atoms with E-state index in [1.54, 1.807) is 6.07 Å². The highest BCUT2D eigenvalue weighted by atomic mass is 35.5. The van der Waals surface area contributed by atoms with Gasteiger partial charge in [-0.1, -0.05) is 53.5 Å². The standard InChI is InChI=1S/C24H25Cl2N5O/c25-18-6-3-7-19(24(18)26)29-22-12-23(28-15-27-22)31-11-9-20(21(32)14-31)30-10-8-16-4-1-2-5-17(16)13-30/h1-7,12,15,20-21,32H,8-11,13-14H2,(H,27,28,29). The van der Waals surface area contributed by atoms with Crippen LogP contribution in [0.25, 0.3) is 0 Å². The van der Waals surface area contributed by atoms with Crippen molar-refractivity contribution in [3.63, 3.8) is 0 Å². The van der Waals surface area contributed by atoms with Crippen LogP contribution in [0.3, 0.4) is 0 Å². The Hall–Kier alpha value is -2.38. The number of anilines is 3. The molecule has 1 aromatic heterocycles. The molecular weight excluding hydrogens is 445 g/mol. The fourth-order valence-corrected chi connectivity index (χ4v) is 5.03. The number of nitrogens with zero attached hydrogens (tertiary/aromatic N) is 4. The van der Waals surface area contributed by atoms with Gasteiger partial charge in [0, 0.05) is 38.3 Å². The molecule has 0 aliphatic carbocycles. The minimum absolute atomic E-state index is 0.157. The van der Waals surface area contributed by atoms with Crippen molar-refractivity contribution in [1.82, 2.24) is 14.9 Å². The topological polar surface area (TPSA) is 64.5 Å². The number of aromatic nitrogens is 2. The second-order valence-corrected chi connectivity index (χ2v) is 9.13. The lowest BCUT2D eigenvalue weighted by Gasteiger charge is -2.43. The molecule has 32 heavy (non-hydrogen) atoms. The van der Waals surface area contributed by atoms with E-state index >= 15 is 0 Å². The van der Waals surface area contributed by atoms with E-state index < -0.39 is 6.10 Å². The van der Waals surface area contributed by atoms with E-state index in [9.17, 15) is 5.11 Å². The number of fused-ring (bicyclic) bond motifs is 1. The summed E-state index contributed by atoms with van der Waals surface area (Å²) in [6.07, 6.45) is 3.01. The molecule has 2 atom stereocenters. The molecule has 3 aromatic rings. The number of aliphatic hydroxyl groups excluding tert-OH is 1. The van der Waals surface area contributed by atoms with Crippen LogP contribution < -0.4 is 10.2 Å². The lowest BCUT2D eigenvalue weighted by molar-refractivity contribution is 0.0293. The van der Waals surface area contributed by atoms with E-state index in [0.29, 0.717) is 28.1 Å². The van der Waals surface area contributed by atoms with Crippen LogP contribution in [-0.2, 0) is 13.0 Å². The van der Waals surface area contributed by atoms with Gasteiger partial charge in [0.2, 0.25) is 0 Å². The number of β-amino-alcohol motifs (C(OH)–C–C–N with tert-alkyl or cyclic N) is 1. The predicted octanol–water partition coefficient (Wildman–Crippen LogP) is 4.52. The summed E-state index contributed by atoms with van der Waals surface area (Å²) in [5, 5.41) is 15.1. The van der Waals surface area contributed by atoms with E-state index in [1.165, 1.54) is 17.5 Å². The SMILES string of the molecule is OC1CN(c2cc(Nc3cccc(Cl)c3Cl)ncn2)CCC1N1CCc2ccccc2C1. The summed E-state index contributed by atoms with van der Waals surface area (Å²) in [5.74, 6) is 1.41. The smallest absolute Gasteiger partial charge is 0.135 e. The van der Waals surface area contributed by atoms with E-state index in [2.05, 4.69) is 49.4 Å². The maximum absolute atomic E-state index is 11.0. The largest absolute Gasteiger partial charge is 0.390 e. The third-order valence-electron chi connectivity index (χ3n) is 6.37. The predicted molar refractivity (Wildman–Crippen MR) is 129 cm³/mol. The Kier molecular flexibility index (Phi) is 6.20. The molecule has 3 heterocycles. The van der Waals surface area contributed by atoms with Crippen molar-refractivity contribution in [2.24, 2.45) is 0 Å². The van der Waals surface area contributed by atoms with Gasteiger partial charge in [0.1, 0.15) is 18.0 Å². The molecule has 0 amide bonds. The first-order valence-corrected chi connectivity index (χ1v) is 11.6. The van der Waals surface area contributed by atoms with Crippen LogP contribution in [0.4, 0.5) is 17.3 Å². The van der Waals surface area contributed by atoms with Gasteiger partial charge >= 0.3 is 0 Å². The maximum Gasteiger partial charge on any atom is 0.135 e. The first-order chi connectivity index (χ1) is 15.6. The van der Waals surface area contributed by atoms with Gasteiger partial charge in [0.05, 0.1) is 21.8 Å². The molecule has 5 rings (SSSR count). The molecule has 8 heteroatoms. The van der Waals surface area contributed by atoms with Crippen LogP contribution >= 0.6 is 23.2 Å². The lowest BCUT2D eigenvalue weighted by Crippen LogP contribution is -2.55. The molecule has 1 fully saturated rings. The summed E-state index contributed by atoms with van der Waals surface area (Å²) in [4.78, 5) is 13.3. The van der Waals surface area contributed by atoms with Crippen LogP contribution in [0.1, 0.15) is 17.5 Å². The van der Waals surface area contributed by atoms with Gasteiger partial charge in [-0.3, -0.25) is 4.90 Å². The highest BCUT2D eigenvalue weighted by Gasteiger charge is 2.34. The van der Waals surface area contributed by atoms with Crippen molar-refractivity contribution in [2.75, 3.05) is 29.9 Å². The monoisotopic (exact) mass is 469 g/mol. The van der Waals surface area contributed by atoms with Crippen molar-refractivity contribution in [2.45, 2.75) is 31.5 Å². The molecule has 0 spiro atoms. The van der Waals surface area contributed by atoms with Crippen molar-refractivity contribution >= 4 is 40.5 Å². The molecule has 2 N–H and O–H groups in total. The highest BCUT2D eigenvalue weighted by molar-refractivity contribution is 6.43. The van der Waals surface area contributed by atoms with Crippen molar-refractivity contribution in [3.8, 4) is 0 Å². The number of piperidine rings is 1. The number of hydrogen-bond acceptors (Lipinski definition) is 6. The molecule has 166 valence electrons. The van der Waals surface area contributed by atoms with Gasteiger partial charge in [-0.05, 0) is 36.1 Å². The lowest BCUT2D eigenvalue weighted by atomic mass is 9.94. The summed E-state index contributed by atoms with van der Waals surface area (Å²) in [6.45, 7) is 3.26. The van der Waals surface area contributed by atoms with E-state index in [4.69, 9.17) is 23.2 Å². The van der Waals surface area contributed by atoms with Gasteiger partial charge in [-0.25, -0.2) is 9.97 Å². The number of halogens is 2. The average Bonchev–Trinajstić information content (AvgIpc) is 2.82. The molecule has 0 bridgehead atoms. The molecule has 2 aliphatic heterocycles. The Morgan fingerprint density at radius 1 is 1.00 bits per heavy atom. The Labute approximate surface area is 197 Å². The zero-order valence-electron chi connectivity index (χ0n) is 17.6. The summed E-state index contributed by atoms with van der Waals surface area (Å²) in [7, 11) is 0. The summed E-state index contributed by atoms with van der Waals surface area (Å²) in [5.41, 5.74) is 3.49. The van der Waals surface area contributed by atoms with Crippen molar-refractivity contribution < 1.29 is 5.11 Å². The molecule has 1 saturated heterocycles. The van der Waals surface area contributed by atoms with Gasteiger partial charge < -0.3 is 15.3 Å². The fraction of sp³-hybridized carbons (Fsp3) is 0.333. The van der Waals surface area contributed by atoms with E-state index in [0.717, 1.165) is 38.3 Å². The van der Waals surface area contributed by atoms with Crippen LogP contribution in [0.15, 0.2) is 54.9 Å². The average molecular weight is 470 g/mol. The zero-order chi connectivity index (χ0) is 22.1. The summed E-state index contributed by atoms with van der Waals surface area (Å²) in [6, 6.07) is 16.1. The highest BCUT2D eigenvalue weighted by Crippen LogP contribution is 2.32. The minimum atomic E-state index is -0.442. The maximum atomic E-state index is 11.0. The summed E-state index contributed by atoms with van der Waals surface area (Å²) < 4.78 is 0. The van der Waals surface area contributed by atoms with Crippen molar-refractivity contribution in [3.05, 3.63) is 76.0 Å². The van der Waals surface area contributed by atoms with Crippen LogP contribution in [0.5, 0.6) is 0 Å². The van der Waals surface area contributed by atoms with Crippen LogP contribution in [0.2, 0.25) is 10.0 Å². The quantitative estimate of drug-likeness (QED) is 0.585. The van der Waals surface area contributed by atoms with E-state index in [-0.39, 0.29) is 6.04 Å². The van der Waals surface area contributed by atoms with Gasteiger partial charge in [-0.15, -0.1) is 0 Å². The molecule has 6 nitrogen and oxygen atoms in total. The van der Waals surface area contributed by atoms with Gasteiger partial charge in [0.15, 0.2) is 0 Å². The molecule has 0 saturated carbocycles. The molecule has 2 unspecified atom stereocenters. The summed E-state index contributed by atoms with van der Waals surface area (Å²) >= 11 is 12.4. The van der Waals surface area contributed by atoms with E-state index in [1.807, 2.05) is 18.2 Å². The molecular formula is C24H25Cl2N5O. The van der Waals surface area contributed by atoms with Crippen LogP contribution in [0, 0.1) is 0 Å². The molecule has 2 aliphatic rings. The Morgan fingerprint density at radius 2 is 1.84 bits per heavy atom. The number of hydrogen-bond donors (Lipinski definition) is 2. The first kappa shape index (κ1) is 21.5. The third-order valence-corrected chi connectivity index (χ3v) is 7.19. The number of benzene rings is 2. The fourth-order valence-electron chi connectivity index (χ4n) is 4.68. The minimum Gasteiger partial charge on any atom is -0.390 e. The number of rotatable bonds is 4. The van der Waals surface area contributed by atoms with Gasteiger partial charge in [-0.2, -0.15) is 0 Å². The number of aliphatic hydroxyl groups is 1. The first-order valence-electron chi connectivity index (χ1n) is 10.9. The van der Waals surface area contributed by atoms with Crippen molar-refractivity contribution in [1.29, 1.82) is 0 Å².